The monoisotopic (exact) mass is 408 g/mol. The van der Waals surface area contributed by atoms with Crippen LogP contribution >= 0.6 is 23.2 Å². The molecular weight excluding hydrogens is 391 g/mol. The van der Waals surface area contributed by atoms with Crippen LogP contribution in [0.5, 0.6) is 11.5 Å². The zero-order chi connectivity index (χ0) is 19.7. The van der Waals surface area contributed by atoms with E-state index < -0.39 is 6.04 Å². The first kappa shape index (κ1) is 19.3. The molecule has 1 atom stereocenters. The van der Waals surface area contributed by atoms with Gasteiger partial charge in [-0.1, -0.05) is 23.2 Å². The van der Waals surface area contributed by atoms with Gasteiger partial charge in [0.25, 0.3) is 5.91 Å². The third-order valence-corrected chi connectivity index (χ3v) is 5.04. The van der Waals surface area contributed by atoms with Crippen molar-refractivity contribution in [3.63, 3.8) is 0 Å². The maximum absolute atomic E-state index is 12.9. The zero-order valence-corrected chi connectivity index (χ0v) is 16.5. The lowest BCUT2D eigenvalue weighted by atomic mass is 10.2. The van der Waals surface area contributed by atoms with Gasteiger partial charge in [-0.3, -0.25) is 9.59 Å². The van der Waals surface area contributed by atoms with Crippen LogP contribution in [0.3, 0.4) is 0 Å². The Kier molecular flexibility index (Phi) is 5.48. The molecule has 2 amide bonds. The van der Waals surface area contributed by atoms with Crippen LogP contribution in [-0.4, -0.2) is 32.1 Å². The average molecular weight is 409 g/mol. The van der Waals surface area contributed by atoms with Crippen LogP contribution < -0.4 is 19.7 Å². The van der Waals surface area contributed by atoms with E-state index in [9.17, 15) is 9.59 Å². The number of nitrogens with one attached hydrogen (secondary N) is 1. The SMILES string of the molecule is COc1ccc(N[C@@H]2CC(=O)N(c3cc(C)c(Cl)cc3OC)C2=O)cc1Cl. The summed E-state index contributed by atoms with van der Waals surface area (Å²) in [4.78, 5) is 26.6. The average Bonchev–Trinajstić information content (AvgIpc) is 2.90. The Morgan fingerprint density at radius 3 is 2.37 bits per heavy atom. The fraction of sp³-hybridized carbons (Fsp3) is 0.263. The first-order valence-electron chi connectivity index (χ1n) is 8.16. The Labute approximate surface area is 167 Å². The molecule has 0 spiro atoms. The molecule has 3 rings (SSSR count). The van der Waals surface area contributed by atoms with Crippen molar-refractivity contribution in [3.05, 3.63) is 45.9 Å². The molecule has 0 unspecified atom stereocenters. The molecule has 1 N–H and O–H groups in total. The number of amides is 2. The Hall–Kier alpha value is -2.44. The molecule has 6 nitrogen and oxygen atoms in total. The van der Waals surface area contributed by atoms with E-state index in [4.69, 9.17) is 32.7 Å². The second-order valence-electron chi connectivity index (χ2n) is 6.09. The van der Waals surface area contributed by atoms with Crippen LogP contribution in [-0.2, 0) is 9.59 Å². The minimum Gasteiger partial charge on any atom is -0.495 e. The Balaban J connectivity index is 1.88. The molecule has 0 bridgehead atoms. The van der Waals surface area contributed by atoms with Gasteiger partial charge in [0.2, 0.25) is 5.91 Å². The van der Waals surface area contributed by atoms with Gasteiger partial charge in [0.15, 0.2) is 0 Å². The summed E-state index contributed by atoms with van der Waals surface area (Å²) >= 11 is 12.2. The van der Waals surface area contributed by atoms with Gasteiger partial charge < -0.3 is 14.8 Å². The lowest BCUT2D eigenvalue weighted by Crippen LogP contribution is -2.35. The van der Waals surface area contributed by atoms with Crippen molar-refractivity contribution in [2.24, 2.45) is 0 Å². The Morgan fingerprint density at radius 2 is 1.74 bits per heavy atom. The second-order valence-corrected chi connectivity index (χ2v) is 6.91. The molecule has 1 fully saturated rings. The number of methoxy groups -OCH3 is 2. The number of anilines is 2. The summed E-state index contributed by atoms with van der Waals surface area (Å²) < 4.78 is 10.4. The van der Waals surface area contributed by atoms with E-state index in [1.54, 1.807) is 37.3 Å². The van der Waals surface area contributed by atoms with Gasteiger partial charge in [-0.25, -0.2) is 4.90 Å². The summed E-state index contributed by atoms with van der Waals surface area (Å²) in [5, 5.41) is 3.96. The molecule has 27 heavy (non-hydrogen) atoms. The number of ether oxygens (including phenoxy) is 2. The lowest BCUT2D eigenvalue weighted by Gasteiger charge is -2.20. The first-order chi connectivity index (χ1) is 12.8. The van der Waals surface area contributed by atoms with E-state index in [0.717, 1.165) is 10.5 Å². The van der Waals surface area contributed by atoms with E-state index >= 15 is 0 Å². The van der Waals surface area contributed by atoms with E-state index in [2.05, 4.69) is 5.32 Å². The molecule has 2 aromatic rings. The van der Waals surface area contributed by atoms with Crippen LogP contribution in [0.2, 0.25) is 10.0 Å². The number of benzene rings is 2. The fourth-order valence-corrected chi connectivity index (χ4v) is 3.35. The van der Waals surface area contributed by atoms with Gasteiger partial charge in [-0.05, 0) is 36.8 Å². The highest BCUT2D eigenvalue weighted by Gasteiger charge is 2.41. The molecule has 1 heterocycles. The van der Waals surface area contributed by atoms with Gasteiger partial charge >= 0.3 is 0 Å². The topological polar surface area (TPSA) is 67.9 Å². The summed E-state index contributed by atoms with van der Waals surface area (Å²) in [6, 6.07) is 7.63. The highest BCUT2D eigenvalue weighted by molar-refractivity contribution is 6.32. The molecule has 0 aromatic heterocycles. The van der Waals surface area contributed by atoms with Crippen LogP contribution in [0.25, 0.3) is 0 Å². The summed E-state index contributed by atoms with van der Waals surface area (Å²) in [5.41, 5.74) is 1.74. The van der Waals surface area contributed by atoms with Crippen LogP contribution in [0.15, 0.2) is 30.3 Å². The molecule has 8 heteroatoms. The van der Waals surface area contributed by atoms with Crippen molar-refractivity contribution >= 4 is 46.4 Å². The van der Waals surface area contributed by atoms with Crippen LogP contribution in [0, 0.1) is 6.92 Å². The van der Waals surface area contributed by atoms with E-state index in [1.807, 2.05) is 0 Å². The van der Waals surface area contributed by atoms with Crippen molar-refractivity contribution in [2.45, 2.75) is 19.4 Å². The summed E-state index contributed by atoms with van der Waals surface area (Å²) in [5.74, 6) is 0.198. The summed E-state index contributed by atoms with van der Waals surface area (Å²) in [6.07, 6.45) is 0.0211. The highest BCUT2D eigenvalue weighted by Crippen LogP contribution is 2.37. The second kappa shape index (κ2) is 7.66. The third kappa shape index (κ3) is 3.68. The Morgan fingerprint density at radius 1 is 1.04 bits per heavy atom. The highest BCUT2D eigenvalue weighted by atomic mass is 35.5. The number of rotatable bonds is 5. The minimum absolute atomic E-state index is 0.0211. The first-order valence-corrected chi connectivity index (χ1v) is 8.92. The molecule has 0 saturated carbocycles. The van der Waals surface area contributed by atoms with Crippen molar-refractivity contribution in [1.82, 2.24) is 0 Å². The minimum atomic E-state index is -0.706. The van der Waals surface area contributed by atoms with Gasteiger partial charge in [-0.15, -0.1) is 0 Å². The predicted molar refractivity (Wildman–Crippen MR) is 105 cm³/mol. The number of hydrogen-bond donors (Lipinski definition) is 1. The standard InChI is InChI=1S/C19H18Cl2N2O4/c1-10-6-15(17(27-3)8-12(10)20)23-18(24)9-14(19(23)25)22-11-4-5-16(26-2)13(21)7-11/h4-8,14,22H,9H2,1-3H3/t14-/m1/s1. The van der Waals surface area contributed by atoms with Crippen molar-refractivity contribution in [3.8, 4) is 11.5 Å². The number of nitrogens with zero attached hydrogens (tertiary/aromatic N) is 1. The maximum Gasteiger partial charge on any atom is 0.256 e. The van der Waals surface area contributed by atoms with Gasteiger partial charge in [0, 0.05) is 16.8 Å². The quantitative estimate of drug-likeness (QED) is 0.755. The van der Waals surface area contributed by atoms with Crippen molar-refractivity contribution in [2.75, 3.05) is 24.4 Å². The van der Waals surface area contributed by atoms with E-state index in [1.165, 1.54) is 14.2 Å². The number of halogens is 2. The summed E-state index contributed by atoms with van der Waals surface area (Å²) in [6.45, 7) is 1.80. The number of carbonyl (C=O) groups is 2. The van der Waals surface area contributed by atoms with Crippen molar-refractivity contribution in [1.29, 1.82) is 0 Å². The largest absolute Gasteiger partial charge is 0.495 e. The number of aryl methyl sites for hydroxylation is 1. The number of imide groups is 1. The molecular formula is C19H18Cl2N2O4. The molecule has 1 saturated heterocycles. The Bertz CT molecular complexity index is 917. The normalized spacial score (nSPS) is 16.6. The number of carbonyl (C=O) groups excluding carboxylic acids is 2. The molecule has 2 aromatic carbocycles. The molecule has 0 aliphatic carbocycles. The summed E-state index contributed by atoms with van der Waals surface area (Å²) in [7, 11) is 2.98. The van der Waals surface area contributed by atoms with Gasteiger partial charge in [0.05, 0.1) is 31.4 Å². The van der Waals surface area contributed by atoms with Crippen LogP contribution in [0.1, 0.15) is 12.0 Å². The van der Waals surface area contributed by atoms with E-state index in [-0.39, 0.29) is 18.2 Å². The van der Waals surface area contributed by atoms with Crippen molar-refractivity contribution < 1.29 is 19.1 Å². The zero-order valence-electron chi connectivity index (χ0n) is 15.0. The van der Waals surface area contributed by atoms with Gasteiger partial charge in [-0.2, -0.15) is 0 Å². The fourth-order valence-electron chi connectivity index (χ4n) is 2.94. The number of hydrogen-bond acceptors (Lipinski definition) is 5. The van der Waals surface area contributed by atoms with Crippen LogP contribution in [0.4, 0.5) is 11.4 Å². The third-order valence-electron chi connectivity index (χ3n) is 4.34. The maximum atomic E-state index is 12.9. The predicted octanol–water partition coefficient (Wildman–Crippen LogP) is 4.06. The smallest absolute Gasteiger partial charge is 0.256 e. The molecule has 142 valence electrons. The molecule has 1 aliphatic rings. The molecule has 1 aliphatic heterocycles. The van der Waals surface area contributed by atoms with Gasteiger partial charge in [0.1, 0.15) is 17.5 Å². The lowest BCUT2D eigenvalue weighted by molar-refractivity contribution is -0.121. The molecule has 0 radical (unpaired) electrons. The van der Waals surface area contributed by atoms with E-state index in [0.29, 0.717) is 32.9 Å².